The van der Waals surface area contributed by atoms with Crippen molar-refractivity contribution in [3.05, 3.63) is 59.5 Å². The fourth-order valence-corrected chi connectivity index (χ4v) is 5.44. The second-order valence-corrected chi connectivity index (χ2v) is 10.9. The number of halogens is 2. The number of amides is 1. The van der Waals surface area contributed by atoms with E-state index in [0.29, 0.717) is 16.2 Å². The lowest BCUT2D eigenvalue weighted by atomic mass is 9.85. The van der Waals surface area contributed by atoms with E-state index >= 15 is 8.78 Å². The summed E-state index contributed by atoms with van der Waals surface area (Å²) in [5.74, 6) is -0.549. The molecule has 0 unspecified atom stereocenters. The maximum atomic E-state index is 15.8. The van der Waals surface area contributed by atoms with Gasteiger partial charge in [0, 0.05) is 43.3 Å². The quantitative estimate of drug-likeness (QED) is 0.309. The number of nitrogens with zero attached hydrogens (tertiary/aromatic N) is 3. The normalized spacial score (nSPS) is 16.1. The van der Waals surface area contributed by atoms with Crippen molar-refractivity contribution in [3.63, 3.8) is 0 Å². The molecule has 1 aliphatic heterocycles. The summed E-state index contributed by atoms with van der Waals surface area (Å²) < 4.78 is 39.1. The summed E-state index contributed by atoms with van der Waals surface area (Å²) in [5, 5.41) is 0. The molecular formula is C26H25F2N3O3S. The van der Waals surface area contributed by atoms with Gasteiger partial charge < -0.3 is 9.64 Å². The number of rotatable bonds is 3. The number of carbonyl (C=O) groups is 2. The van der Waals surface area contributed by atoms with Crippen molar-refractivity contribution in [3.8, 4) is 11.3 Å². The molecule has 1 aliphatic rings. The van der Waals surface area contributed by atoms with Crippen LogP contribution in [0.4, 0.5) is 13.6 Å². The summed E-state index contributed by atoms with van der Waals surface area (Å²) in [6.45, 7) is 5.76. The van der Waals surface area contributed by atoms with Crippen LogP contribution >= 0.6 is 11.3 Å². The Morgan fingerprint density at radius 2 is 1.91 bits per heavy atom. The fraction of sp³-hybridized carbons (Fsp3) is 0.346. The van der Waals surface area contributed by atoms with Crippen LogP contribution in [0.25, 0.3) is 26.4 Å². The molecular weight excluding hydrogens is 472 g/mol. The molecule has 1 amide bonds. The van der Waals surface area contributed by atoms with E-state index in [2.05, 4.69) is 4.98 Å². The molecule has 4 aromatic rings. The number of hydrogen-bond acceptors (Lipinski definition) is 5. The van der Waals surface area contributed by atoms with Gasteiger partial charge in [0.25, 0.3) is 0 Å². The number of ether oxygens (including phenoxy) is 1. The minimum absolute atomic E-state index is 0.0694. The predicted octanol–water partition coefficient (Wildman–Crippen LogP) is 6.36. The number of thiazole rings is 1. The van der Waals surface area contributed by atoms with E-state index < -0.39 is 23.2 Å². The summed E-state index contributed by atoms with van der Waals surface area (Å²) in [5.41, 5.74) is 0.125. The number of fused-ring (bicyclic) bond motifs is 3. The van der Waals surface area contributed by atoms with E-state index in [1.54, 1.807) is 51.2 Å². The van der Waals surface area contributed by atoms with Crippen LogP contribution in [0.15, 0.2) is 42.6 Å². The first kappa shape index (κ1) is 23.4. The molecule has 1 saturated heterocycles. The van der Waals surface area contributed by atoms with Gasteiger partial charge in [-0.2, -0.15) is 0 Å². The predicted molar refractivity (Wildman–Crippen MR) is 131 cm³/mol. The number of piperidine rings is 1. The van der Waals surface area contributed by atoms with E-state index in [9.17, 15) is 9.59 Å². The number of benzene rings is 2. The molecule has 0 spiro atoms. The lowest BCUT2D eigenvalue weighted by Crippen LogP contribution is -2.45. The minimum atomic E-state index is -1.72. The van der Waals surface area contributed by atoms with Crippen LogP contribution in [0, 0.1) is 5.82 Å². The zero-order chi connectivity index (χ0) is 25.0. The molecule has 182 valence electrons. The Morgan fingerprint density at radius 3 is 2.57 bits per heavy atom. The molecule has 9 heteroatoms. The Morgan fingerprint density at radius 1 is 1.17 bits per heavy atom. The second kappa shape index (κ2) is 8.41. The van der Waals surface area contributed by atoms with Gasteiger partial charge in [0.2, 0.25) is 0 Å². The molecule has 0 aliphatic carbocycles. The van der Waals surface area contributed by atoms with Gasteiger partial charge in [0.1, 0.15) is 23.4 Å². The number of aldehydes is 1. The molecule has 0 bridgehead atoms. The maximum absolute atomic E-state index is 15.8. The van der Waals surface area contributed by atoms with Gasteiger partial charge in [-0.3, -0.25) is 9.20 Å². The number of hydrogen-bond donors (Lipinski definition) is 0. The van der Waals surface area contributed by atoms with Crippen molar-refractivity contribution in [2.75, 3.05) is 13.1 Å². The lowest BCUT2D eigenvalue weighted by Gasteiger charge is -2.37. The third-order valence-electron chi connectivity index (χ3n) is 6.22. The van der Waals surface area contributed by atoms with E-state index in [4.69, 9.17) is 4.74 Å². The van der Waals surface area contributed by atoms with Gasteiger partial charge in [-0.25, -0.2) is 18.6 Å². The Balaban J connectivity index is 1.36. The smallest absolute Gasteiger partial charge is 0.410 e. The van der Waals surface area contributed by atoms with Crippen LogP contribution in [0.5, 0.6) is 0 Å². The van der Waals surface area contributed by atoms with Gasteiger partial charge in [0.05, 0.1) is 15.9 Å². The third kappa shape index (κ3) is 4.40. The maximum Gasteiger partial charge on any atom is 0.410 e. The molecule has 0 atom stereocenters. The number of likely N-dealkylation sites (tertiary alicyclic amines) is 1. The average Bonchev–Trinajstić information content (AvgIpc) is 3.35. The van der Waals surface area contributed by atoms with Crippen molar-refractivity contribution in [1.82, 2.24) is 14.3 Å². The minimum Gasteiger partial charge on any atom is -0.444 e. The second-order valence-electron chi connectivity index (χ2n) is 9.85. The van der Waals surface area contributed by atoms with Gasteiger partial charge in [-0.1, -0.05) is 17.4 Å². The van der Waals surface area contributed by atoms with Gasteiger partial charge in [0.15, 0.2) is 4.96 Å². The molecule has 0 N–H and O–H groups in total. The summed E-state index contributed by atoms with van der Waals surface area (Å²) in [6, 6.07) is 9.76. The van der Waals surface area contributed by atoms with Crippen molar-refractivity contribution < 1.29 is 23.1 Å². The molecule has 5 rings (SSSR count). The highest BCUT2D eigenvalue weighted by Crippen LogP contribution is 2.39. The topological polar surface area (TPSA) is 63.9 Å². The standard InChI is InChI=1S/C26H25F2N3O3S/c1-25(2,3)34-24(33)30-10-8-26(28,9-11-30)17-5-6-18(19(27)13-17)20-14-31-21-7-4-16(15-32)12-22(21)35-23(31)29-20/h4-7,12-15H,8-11H2,1-3H3. The average molecular weight is 498 g/mol. The van der Waals surface area contributed by atoms with Crippen LogP contribution in [-0.2, 0) is 10.4 Å². The Hall–Kier alpha value is -3.33. The number of imidazole rings is 1. The van der Waals surface area contributed by atoms with Crippen molar-refractivity contribution in [2.45, 2.75) is 44.9 Å². The Labute approximate surface area is 205 Å². The highest BCUT2D eigenvalue weighted by atomic mass is 32.1. The highest BCUT2D eigenvalue weighted by molar-refractivity contribution is 7.23. The number of carbonyl (C=O) groups excluding carboxylic acids is 2. The Kier molecular flexibility index (Phi) is 5.62. The fourth-order valence-electron chi connectivity index (χ4n) is 4.38. The molecule has 2 aromatic carbocycles. The number of aromatic nitrogens is 2. The molecule has 0 saturated carbocycles. The van der Waals surface area contributed by atoms with Crippen LogP contribution < -0.4 is 0 Å². The summed E-state index contributed by atoms with van der Waals surface area (Å²) in [4.78, 5) is 30.0. The summed E-state index contributed by atoms with van der Waals surface area (Å²) in [7, 11) is 0. The third-order valence-corrected chi connectivity index (χ3v) is 7.24. The molecule has 6 nitrogen and oxygen atoms in total. The summed E-state index contributed by atoms with van der Waals surface area (Å²) >= 11 is 1.41. The molecule has 3 heterocycles. The van der Waals surface area contributed by atoms with Gasteiger partial charge >= 0.3 is 6.09 Å². The van der Waals surface area contributed by atoms with Crippen LogP contribution in [0.1, 0.15) is 49.5 Å². The van der Waals surface area contributed by atoms with E-state index in [1.165, 1.54) is 22.3 Å². The molecule has 0 radical (unpaired) electrons. The zero-order valence-electron chi connectivity index (χ0n) is 19.7. The number of alkyl halides is 1. The largest absolute Gasteiger partial charge is 0.444 e. The lowest BCUT2D eigenvalue weighted by molar-refractivity contribution is 0.00213. The first-order valence-corrected chi connectivity index (χ1v) is 12.2. The van der Waals surface area contributed by atoms with Crippen molar-refractivity contribution >= 4 is 38.9 Å². The Bertz CT molecular complexity index is 1450. The molecule has 2 aromatic heterocycles. The van der Waals surface area contributed by atoms with Crippen LogP contribution in [0.2, 0.25) is 0 Å². The van der Waals surface area contributed by atoms with Crippen molar-refractivity contribution in [2.24, 2.45) is 0 Å². The SMILES string of the molecule is CC(C)(C)OC(=O)N1CCC(F)(c2ccc(-c3cn4c(n3)sc3cc(C=O)ccc34)c(F)c2)CC1. The first-order chi connectivity index (χ1) is 16.6. The summed E-state index contributed by atoms with van der Waals surface area (Å²) in [6.07, 6.45) is 2.22. The molecule has 35 heavy (non-hydrogen) atoms. The van der Waals surface area contributed by atoms with Crippen LogP contribution in [0.3, 0.4) is 0 Å². The van der Waals surface area contributed by atoms with Crippen LogP contribution in [-0.4, -0.2) is 45.4 Å². The van der Waals surface area contributed by atoms with Gasteiger partial charge in [-0.05, 0) is 56.7 Å². The zero-order valence-corrected chi connectivity index (χ0v) is 20.5. The molecule has 1 fully saturated rings. The van der Waals surface area contributed by atoms with Gasteiger partial charge in [-0.15, -0.1) is 0 Å². The monoisotopic (exact) mass is 497 g/mol. The van der Waals surface area contributed by atoms with Crippen molar-refractivity contribution in [1.29, 1.82) is 0 Å². The highest BCUT2D eigenvalue weighted by Gasteiger charge is 2.39. The van der Waals surface area contributed by atoms with E-state index in [1.807, 2.05) is 10.5 Å². The van der Waals surface area contributed by atoms with E-state index in [0.717, 1.165) is 16.5 Å². The first-order valence-electron chi connectivity index (χ1n) is 11.4. The van der Waals surface area contributed by atoms with E-state index in [-0.39, 0.29) is 37.1 Å².